The highest BCUT2D eigenvalue weighted by Crippen LogP contribution is 2.18. The van der Waals surface area contributed by atoms with E-state index < -0.39 is 0 Å². The fourth-order valence-corrected chi connectivity index (χ4v) is 1.99. The molecule has 0 saturated carbocycles. The van der Waals surface area contributed by atoms with Crippen LogP contribution in [0.4, 0.5) is 5.00 Å². The second-order valence-electron chi connectivity index (χ2n) is 3.61. The molecule has 0 radical (unpaired) electrons. The lowest BCUT2D eigenvalue weighted by Gasteiger charge is -2.05. The van der Waals surface area contributed by atoms with Crippen molar-refractivity contribution in [3.63, 3.8) is 0 Å². The van der Waals surface area contributed by atoms with E-state index in [2.05, 4.69) is 26.9 Å². The maximum atomic E-state index is 4.24. The molecule has 2 aromatic rings. The predicted molar refractivity (Wildman–Crippen MR) is 64.8 cm³/mol. The number of nitrogens with one attached hydrogen (secondary N) is 1. The van der Waals surface area contributed by atoms with Gasteiger partial charge in [-0.05, 0) is 19.4 Å². The molecule has 0 amide bonds. The van der Waals surface area contributed by atoms with Crippen molar-refractivity contribution in [2.75, 3.05) is 11.9 Å². The molecule has 2 heterocycles. The summed E-state index contributed by atoms with van der Waals surface area (Å²) in [6.45, 7) is 5.81. The van der Waals surface area contributed by atoms with E-state index in [1.165, 1.54) is 11.5 Å². The Morgan fingerprint density at radius 1 is 1.50 bits per heavy atom. The van der Waals surface area contributed by atoms with Gasteiger partial charge in [-0.1, -0.05) is 11.4 Å². The molecule has 5 nitrogen and oxygen atoms in total. The summed E-state index contributed by atoms with van der Waals surface area (Å²) in [5.41, 5.74) is 2.10. The van der Waals surface area contributed by atoms with Gasteiger partial charge in [0.2, 0.25) is 0 Å². The second-order valence-corrected chi connectivity index (χ2v) is 4.36. The number of hydrogen-bond acceptors (Lipinski definition) is 5. The van der Waals surface area contributed by atoms with Crippen LogP contribution in [0.5, 0.6) is 0 Å². The van der Waals surface area contributed by atoms with Crippen molar-refractivity contribution < 1.29 is 0 Å². The molecule has 0 aliphatic heterocycles. The molecule has 86 valence electrons. The first-order chi connectivity index (χ1) is 7.81. The molecule has 0 atom stereocenters. The maximum absolute atomic E-state index is 4.24. The van der Waals surface area contributed by atoms with Gasteiger partial charge in [-0.3, -0.25) is 4.68 Å². The smallest absolute Gasteiger partial charge is 0.135 e. The Balaban J connectivity index is 2.09. The SMILES string of the molecule is CCCNc1snnc1Cn1nccc1C. The molecule has 6 heteroatoms. The van der Waals surface area contributed by atoms with E-state index in [0.717, 1.165) is 29.4 Å². The van der Waals surface area contributed by atoms with Crippen LogP contribution in [0.1, 0.15) is 24.7 Å². The van der Waals surface area contributed by atoms with Gasteiger partial charge in [-0.15, -0.1) is 5.10 Å². The van der Waals surface area contributed by atoms with Crippen LogP contribution in [0.15, 0.2) is 12.3 Å². The molecule has 0 unspecified atom stereocenters. The van der Waals surface area contributed by atoms with Crippen molar-refractivity contribution in [3.05, 3.63) is 23.7 Å². The third-order valence-corrected chi connectivity index (χ3v) is 3.05. The van der Waals surface area contributed by atoms with Crippen LogP contribution in [0.3, 0.4) is 0 Å². The van der Waals surface area contributed by atoms with Crippen LogP contribution in [0.25, 0.3) is 0 Å². The van der Waals surface area contributed by atoms with Gasteiger partial charge in [-0.2, -0.15) is 5.10 Å². The zero-order valence-corrected chi connectivity index (χ0v) is 10.3. The third kappa shape index (κ3) is 2.38. The van der Waals surface area contributed by atoms with E-state index in [0.29, 0.717) is 6.54 Å². The van der Waals surface area contributed by atoms with Gasteiger partial charge >= 0.3 is 0 Å². The Bertz CT molecular complexity index is 448. The van der Waals surface area contributed by atoms with Crippen molar-refractivity contribution in [1.82, 2.24) is 19.4 Å². The van der Waals surface area contributed by atoms with Crippen molar-refractivity contribution in [2.24, 2.45) is 0 Å². The van der Waals surface area contributed by atoms with Gasteiger partial charge in [0, 0.05) is 30.0 Å². The number of nitrogens with zero attached hydrogens (tertiary/aromatic N) is 4. The van der Waals surface area contributed by atoms with Gasteiger partial charge in [0.1, 0.15) is 10.7 Å². The number of aryl methyl sites for hydroxylation is 1. The molecule has 2 rings (SSSR count). The minimum atomic E-state index is 0.682. The van der Waals surface area contributed by atoms with E-state index in [1.807, 2.05) is 17.7 Å². The van der Waals surface area contributed by atoms with Crippen LogP contribution < -0.4 is 5.32 Å². The lowest BCUT2D eigenvalue weighted by atomic mass is 10.4. The van der Waals surface area contributed by atoms with Gasteiger partial charge in [0.25, 0.3) is 0 Å². The molecule has 16 heavy (non-hydrogen) atoms. The molecule has 0 fully saturated rings. The molecular formula is C10H15N5S. The summed E-state index contributed by atoms with van der Waals surface area (Å²) in [4.78, 5) is 0. The first kappa shape index (κ1) is 11.1. The Hall–Kier alpha value is -1.43. The van der Waals surface area contributed by atoms with Crippen molar-refractivity contribution in [2.45, 2.75) is 26.8 Å². The van der Waals surface area contributed by atoms with Gasteiger partial charge in [-0.25, -0.2) is 0 Å². The quantitative estimate of drug-likeness (QED) is 0.863. The van der Waals surface area contributed by atoms with Gasteiger partial charge in [0.05, 0.1) is 6.54 Å². The molecule has 0 aliphatic carbocycles. The summed E-state index contributed by atoms with van der Waals surface area (Å²) in [5, 5.41) is 12.7. The van der Waals surface area contributed by atoms with Gasteiger partial charge in [0.15, 0.2) is 0 Å². The summed E-state index contributed by atoms with van der Waals surface area (Å²) in [5.74, 6) is 0. The largest absolute Gasteiger partial charge is 0.374 e. The fourth-order valence-electron chi connectivity index (χ4n) is 1.39. The average molecular weight is 237 g/mol. The predicted octanol–water partition coefficient (Wildman–Crippen LogP) is 1.91. The molecule has 1 N–H and O–H groups in total. The highest BCUT2D eigenvalue weighted by atomic mass is 32.1. The van der Waals surface area contributed by atoms with E-state index >= 15 is 0 Å². The summed E-state index contributed by atoms with van der Waals surface area (Å²) in [7, 11) is 0. The first-order valence-electron chi connectivity index (χ1n) is 5.34. The molecular weight excluding hydrogens is 222 g/mol. The van der Waals surface area contributed by atoms with Crippen LogP contribution in [-0.2, 0) is 6.54 Å². The molecule has 0 aliphatic rings. The molecule has 0 saturated heterocycles. The standard InChI is InChI=1S/C10H15N5S/c1-3-5-11-10-9(13-14-16-10)7-15-8(2)4-6-12-15/h4,6,11H,3,5,7H2,1-2H3. The van der Waals surface area contributed by atoms with E-state index in [4.69, 9.17) is 0 Å². The lowest BCUT2D eigenvalue weighted by molar-refractivity contribution is 0.651. The summed E-state index contributed by atoms with van der Waals surface area (Å²) < 4.78 is 5.90. The Morgan fingerprint density at radius 3 is 3.06 bits per heavy atom. The van der Waals surface area contributed by atoms with Crippen LogP contribution >= 0.6 is 11.5 Å². The lowest BCUT2D eigenvalue weighted by Crippen LogP contribution is -2.07. The third-order valence-electron chi connectivity index (χ3n) is 2.32. The number of anilines is 1. The molecule has 0 spiro atoms. The Labute approximate surface area is 98.7 Å². The molecule has 0 bridgehead atoms. The molecule has 2 aromatic heterocycles. The zero-order valence-electron chi connectivity index (χ0n) is 9.47. The summed E-state index contributed by atoms with van der Waals surface area (Å²) in [6, 6.07) is 1.99. The monoisotopic (exact) mass is 237 g/mol. The fraction of sp³-hybridized carbons (Fsp3) is 0.500. The highest BCUT2D eigenvalue weighted by Gasteiger charge is 2.09. The van der Waals surface area contributed by atoms with Crippen molar-refractivity contribution in [3.8, 4) is 0 Å². The minimum absolute atomic E-state index is 0.682. The Kier molecular flexibility index (Phi) is 3.51. The Morgan fingerprint density at radius 2 is 2.38 bits per heavy atom. The van der Waals surface area contributed by atoms with Crippen LogP contribution in [-0.4, -0.2) is 25.9 Å². The normalized spacial score (nSPS) is 10.6. The number of aromatic nitrogens is 4. The average Bonchev–Trinajstić information content (AvgIpc) is 2.87. The van der Waals surface area contributed by atoms with Crippen LogP contribution in [0, 0.1) is 6.92 Å². The summed E-state index contributed by atoms with van der Waals surface area (Å²) >= 11 is 1.40. The van der Waals surface area contributed by atoms with Crippen molar-refractivity contribution in [1.29, 1.82) is 0 Å². The number of rotatable bonds is 5. The topological polar surface area (TPSA) is 55.6 Å². The van der Waals surface area contributed by atoms with Gasteiger partial charge < -0.3 is 5.32 Å². The maximum Gasteiger partial charge on any atom is 0.135 e. The van der Waals surface area contributed by atoms with E-state index in [-0.39, 0.29) is 0 Å². The van der Waals surface area contributed by atoms with Crippen LogP contribution in [0.2, 0.25) is 0 Å². The highest BCUT2D eigenvalue weighted by molar-refractivity contribution is 7.10. The number of hydrogen-bond donors (Lipinski definition) is 1. The van der Waals surface area contributed by atoms with E-state index in [1.54, 1.807) is 6.20 Å². The van der Waals surface area contributed by atoms with E-state index in [9.17, 15) is 0 Å². The van der Waals surface area contributed by atoms with Crippen molar-refractivity contribution >= 4 is 16.5 Å². The summed E-state index contributed by atoms with van der Waals surface area (Å²) in [6.07, 6.45) is 2.90. The first-order valence-corrected chi connectivity index (χ1v) is 6.12. The molecule has 0 aromatic carbocycles. The zero-order chi connectivity index (χ0) is 11.4. The second kappa shape index (κ2) is 5.07. The minimum Gasteiger partial charge on any atom is -0.374 e.